The van der Waals surface area contributed by atoms with Gasteiger partial charge in [-0.3, -0.25) is 4.79 Å². The van der Waals surface area contributed by atoms with Gasteiger partial charge in [-0.1, -0.05) is 0 Å². The molecular weight excluding hydrogens is 685 g/mol. The Labute approximate surface area is 180 Å². The predicted octanol–water partition coefficient (Wildman–Crippen LogP) is 3.80. The van der Waals surface area contributed by atoms with E-state index in [1.165, 1.54) is 12.1 Å². The molecule has 10 heteroatoms. The molecule has 0 atom stereocenters. The molecule has 0 fully saturated rings. The molecule has 0 spiro atoms. The summed E-state index contributed by atoms with van der Waals surface area (Å²) in [7, 11) is 0. The highest BCUT2D eigenvalue weighted by molar-refractivity contribution is 14.1. The van der Waals surface area contributed by atoms with Gasteiger partial charge in [0.2, 0.25) is 11.2 Å². The van der Waals surface area contributed by atoms with Crippen molar-refractivity contribution in [3.63, 3.8) is 0 Å². The van der Waals surface area contributed by atoms with Crippen molar-refractivity contribution >= 4 is 78.7 Å². The van der Waals surface area contributed by atoms with Crippen LogP contribution >= 0.6 is 67.8 Å². The Morgan fingerprint density at radius 3 is 2.04 bits per heavy atom. The van der Waals surface area contributed by atoms with Crippen LogP contribution in [-0.2, 0) is 0 Å². The molecule has 25 heavy (non-hydrogen) atoms. The number of fused-ring (bicyclic) bond motifs is 1. The van der Waals surface area contributed by atoms with Gasteiger partial charge in [-0.05, 0) is 79.9 Å². The number of rotatable bonds is 1. The highest BCUT2D eigenvalue weighted by Gasteiger charge is 2.26. The Hall–Kier alpha value is -1.16. The maximum Gasteiger partial charge on any atom is 0.238 e. The van der Waals surface area contributed by atoms with Crippen LogP contribution in [0.4, 0.5) is 0 Å². The first-order valence-corrected chi connectivity index (χ1v) is 9.69. The van der Waals surface area contributed by atoms with E-state index in [9.17, 15) is 30.3 Å². The highest BCUT2D eigenvalue weighted by atomic mass is 131. The number of benzene rings is 2. The van der Waals surface area contributed by atoms with Crippen LogP contribution in [0.5, 0.6) is 28.7 Å². The minimum atomic E-state index is -0.882. The van der Waals surface area contributed by atoms with Crippen molar-refractivity contribution in [2.24, 2.45) is 0 Å². The first-order valence-electron chi connectivity index (χ1n) is 6.46. The zero-order chi connectivity index (χ0) is 18.6. The van der Waals surface area contributed by atoms with Crippen molar-refractivity contribution in [3.8, 4) is 40.1 Å². The maximum atomic E-state index is 12.5. The summed E-state index contributed by atoms with van der Waals surface area (Å²) < 4.78 is 6.01. The lowest BCUT2D eigenvalue weighted by Gasteiger charge is -2.12. The quantitative estimate of drug-likeness (QED) is 0.194. The van der Waals surface area contributed by atoms with E-state index in [0.29, 0.717) is 0 Å². The molecule has 7 nitrogen and oxygen atoms in total. The molecule has 2 aromatic carbocycles. The number of phenols is 4. The third-order valence-electron chi connectivity index (χ3n) is 3.49. The normalized spacial score (nSPS) is 11.2. The molecule has 0 saturated heterocycles. The van der Waals surface area contributed by atoms with Crippen LogP contribution in [0.2, 0.25) is 0 Å². The second-order valence-corrected chi connectivity index (χ2v) is 8.17. The van der Waals surface area contributed by atoms with Crippen molar-refractivity contribution in [2.75, 3.05) is 0 Å². The van der Waals surface area contributed by atoms with Crippen molar-refractivity contribution in [3.05, 3.63) is 33.1 Å². The van der Waals surface area contributed by atoms with Crippen molar-refractivity contribution in [1.82, 2.24) is 0 Å². The second kappa shape index (κ2) is 6.53. The molecule has 130 valence electrons. The molecular formula is C15H7I3O7. The molecule has 3 rings (SSSR count). The molecule has 1 aromatic heterocycles. The molecule has 3 aromatic rings. The number of hydrogen-bond donors (Lipinski definition) is 5. The van der Waals surface area contributed by atoms with Crippen LogP contribution in [-0.4, -0.2) is 25.5 Å². The van der Waals surface area contributed by atoms with Gasteiger partial charge < -0.3 is 29.9 Å². The number of hydrogen-bond acceptors (Lipinski definition) is 7. The zero-order valence-corrected chi connectivity index (χ0v) is 18.3. The zero-order valence-electron chi connectivity index (χ0n) is 11.8. The predicted molar refractivity (Wildman–Crippen MR) is 114 cm³/mol. The van der Waals surface area contributed by atoms with Gasteiger partial charge in [0.25, 0.3) is 0 Å². The van der Waals surface area contributed by atoms with E-state index < -0.39 is 22.7 Å². The Morgan fingerprint density at radius 2 is 1.40 bits per heavy atom. The van der Waals surface area contributed by atoms with Gasteiger partial charge in [0.1, 0.15) is 16.9 Å². The average molecular weight is 692 g/mol. The van der Waals surface area contributed by atoms with Crippen molar-refractivity contribution in [2.45, 2.75) is 0 Å². The van der Waals surface area contributed by atoms with E-state index in [2.05, 4.69) is 0 Å². The molecule has 0 unspecified atom stereocenters. The lowest BCUT2D eigenvalue weighted by Crippen LogP contribution is -2.05. The molecule has 1 heterocycles. The van der Waals surface area contributed by atoms with Gasteiger partial charge in [0.05, 0.1) is 10.7 Å². The lowest BCUT2D eigenvalue weighted by molar-refractivity contribution is 0.401. The van der Waals surface area contributed by atoms with Crippen LogP contribution in [0.3, 0.4) is 0 Å². The Bertz CT molecular complexity index is 1110. The largest absolute Gasteiger partial charge is 0.506 e. The van der Waals surface area contributed by atoms with E-state index in [-0.39, 0.29) is 44.5 Å². The standard InChI is InChI=1S/C15H7I3O7/c16-6-3(1-2-4(19)9(6)20)14-13(24)11(22)5-10(21)7(17)12(23)8(18)15(5)25-14/h1-2,19-21,23-24H/i16+4,17+4,18+4. The fourth-order valence-corrected chi connectivity index (χ4v) is 4.64. The number of halogens is 3. The first kappa shape index (κ1) is 18.6. The molecule has 0 saturated carbocycles. The summed E-state index contributed by atoms with van der Waals surface area (Å²) >= 11 is 5.16. The van der Waals surface area contributed by atoms with E-state index >= 15 is 0 Å². The Morgan fingerprint density at radius 1 is 0.760 bits per heavy atom. The summed E-state index contributed by atoms with van der Waals surface area (Å²) in [5, 5.41) is 49.6. The summed E-state index contributed by atoms with van der Waals surface area (Å²) in [6, 6.07) is 2.55. The molecule has 0 amide bonds. The SMILES string of the molecule is O=c1c(O)c(-c2ccc(O)c(O)c2[131I])oc2c([131I])c(O)c([131I])c(O)c12. The van der Waals surface area contributed by atoms with Gasteiger partial charge in [-0.15, -0.1) is 0 Å². The van der Waals surface area contributed by atoms with Crippen LogP contribution in [0, 0.1) is 10.7 Å². The van der Waals surface area contributed by atoms with E-state index in [4.69, 9.17) is 4.42 Å². The Balaban J connectivity index is 2.50. The number of phenolic OH excluding ortho intramolecular Hbond substituents is 4. The maximum absolute atomic E-state index is 12.5. The monoisotopic (exact) mass is 692 g/mol. The van der Waals surface area contributed by atoms with Gasteiger partial charge in [-0.2, -0.15) is 0 Å². The van der Waals surface area contributed by atoms with Crippen LogP contribution in [0.15, 0.2) is 21.3 Å². The summed E-state index contributed by atoms with van der Waals surface area (Å²) in [4.78, 5) is 12.5. The fourth-order valence-electron chi connectivity index (χ4n) is 2.23. The topological polar surface area (TPSA) is 131 Å². The van der Waals surface area contributed by atoms with Gasteiger partial charge in [0.15, 0.2) is 22.8 Å². The van der Waals surface area contributed by atoms with Gasteiger partial charge >= 0.3 is 0 Å². The molecule has 0 aliphatic heterocycles. The minimum Gasteiger partial charge on any atom is -0.506 e. The van der Waals surface area contributed by atoms with E-state index in [1.807, 2.05) is 0 Å². The van der Waals surface area contributed by atoms with Crippen molar-refractivity contribution in [1.29, 1.82) is 0 Å². The lowest BCUT2D eigenvalue weighted by atomic mass is 10.1. The van der Waals surface area contributed by atoms with Crippen LogP contribution in [0.1, 0.15) is 0 Å². The second-order valence-electron chi connectivity index (χ2n) is 4.93. The summed E-state index contributed by atoms with van der Waals surface area (Å²) in [5.41, 5.74) is -0.814. The van der Waals surface area contributed by atoms with Gasteiger partial charge in [-0.25, -0.2) is 0 Å². The fraction of sp³-hybridized carbons (Fsp3) is 0. The average Bonchev–Trinajstić information content (AvgIpc) is 2.59. The molecule has 5 N–H and O–H groups in total. The minimum absolute atomic E-state index is 0.0609. The molecule has 0 bridgehead atoms. The van der Waals surface area contributed by atoms with Crippen molar-refractivity contribution < 1.29 is 29.9 Å². The molecule has 0 radical (unpaired) electrons. The molecule has 0 aliphatic rings. The van der Waals surface area contributed by atoms with E-state index in [0.717, 1.165) is 0 Å². The summed E-state index contributed by atoms with van der Waals surface area (Å²) in [6.45, 7) is 0. The highest BCUT2D eigenvalue weighted by Crippen LogP contribution is 2.44. The smallest absolute Gasteiger partial charge is 0.238 e. The third kappa shape index (κ3) is 2.77. The Kier molecular flexibility index (Phi) is 4.87. The molecule has 0 aliphatic carbocycles. The van der Waals surface area contributed by atoms with E-state index in [1.54, 1.807) is 67.8 Å². The first-order chi connectivity index (χ1) is 11.7. The van der Waals surface area contributed by atoms with Gasteiger partial charge in [0, 0.05) is 5.56 Å². The summed E-state index contributed by atoms with van der Waals surface area (Å²) in [5.74, 6) is -2.56. The third-order valence-corrected chi connectivity index (χ3v) is 6.60. The summed E-state index contributed by atoms with van der Waals surface area (Å²) in [6.07, 6.45) is 0. The van der Waals surface area contributed by atoms with Crippen LogP contribution < -0.4 is 5.43 Å². The number of aromatic hydroxyl groups is 5. The van der Waals surface area contributed by atoms with Crippen LogP contribution in [0.25, 0.3) is 22.3 Å².